The molecule has 2 rings (SSSR count). The van der Waals surface area contributed by atoms with Gasteiger partial charge in [-0.05, 0) is 30.5 Å². The van der Waals surface area contributed by atoms with E-state index < -0.39 is 0 Å². The summed E-state index contributed by atoms with van der Waals surface area (Å²) < 4.78 is 0. The molecule has 1 aliphatic rings. The number of carbonyl (C=O) groups excluding carboxylic acids is 1. The molecule has 1 aliphatic carbocycles. The van der Waals surface area contributed by atoms with Crippen LogP contribution >= 0.6 is 0 Å². The van der Waals surface area contributed by atoms with Crippen molar-refractivity contribution in [3.05, 3.63) is 29.6 Å². The van der Waals surface area contributed by atoms with Crippen LogP contribution in [0.15, 0.2) is 23.5 Å². The first kappa shape index (κ1) is 14.3. The lowest BCUT2D eigenvalue weighted by Gasteiger charge is -2.06. The van der Waals surface area contributed by atoms with Gasteiger partial charge in [-0.15, -0.1) is 0 Å². The fraction of sp³-hybridized carbons (Fsp3) is 0.462. The van der Waals surface area contributed by atoms with Gasteiger partial charge in [0, 0.05) is 31.7 Å². The van der Waals surface area contributed by atoms with Crippen molar-refractivity contribution in [1.29, 1.82) is 0 Å². The Kier molecular flexibility index (Phi) is 4.89. The molecule has 20 heavy (non-hydrogen) atoms. The van der Waals surface area contributed by atoms with Crippen molar-refractivity contribution in [2.24, 2.45) is 10.9 Å². The minimum absolute atomic E-state index is 0.0179. The van der Waals surface area contributed by atoms with E-state index in [1.807, 2.05) is 6.07 Å². The van der Waals surface area contributed by atoms with Crippen LogP contribution in [0.25, 0.3) is 0 Å². The number of pyridine rings is 1. The maximum Gasteiger partial charge on any atom is 0.221 e. The van der Waals surface area contributed by atoms with Crippen molar-refractivity contribution in [3.63, 3.8) is 0 Å². The number of amides is 1. The average Bonchev–Trinajstić information content (AvgIpc) is 3.27. The fourth-order valence-corrected chi connectivity index (χ4v) is 1.74. The first-order valence-electron chi connectivity index (χ1n) is 6.62. The highest BCUT2D eigenvalue weighted by Crippen LogP contribution is 2.18. The highest BCUT2D eigenvalue weighted by atomic mass is 16.4. The standard InChI is InChI=1S/C13H19N5O2/c14-13(18-20)11-7-9(3-6-16-11)8-15-5-4-12(19)17-10-1-2-10/h3,6-7,10,15,20H,1-2,4-5,8H2,(H2,14,18)(H,17,19). The molecule has 5 N–H and O–H groups in total. The van der Waals surface area contributed by atoms with E-state index in [-0.39, 0.29) is 11.7 Å². The van der Waals surface area contributed by atoms with Crippen LogP contribution < -0.4 is 16.4 Å². The number of nitrogens with zero attached hydrogens (tertiary/aromatic N) is 2. The van der Waals surface area contributed by atoms with Crippen molar-refractivity contribution < 1.29 is 10.0 Å². The zero-order valence-electron chi connectivity index (χ0n) is 11.2. The number of hydrogen-bond acceptors (Lipinski definition) is 5. The monoisotopic (exact) mass is 277 g/mol. The van der Waals surface area contributed by atoms with Crippen LogP contribution in [0.4, 0.5) is 0 Å². The number of hydrogen-bond donors (Lipinski definition) is 4. The molecule has 1 aromatic rings. The smallest absolute Gasteiger partial charge is 0.221 e. The minimum Gasteiger partial charge on any atom is -0.409 e. The van der Waals surface area contributed by atoms with Gasteiger partial charge in [0.15, 0.2) is 5.84 Å². The number of carbonyl (C=O) groups is 1. The predicted octanol–water partition coefficient (Wildman–Crippen LogP) is -0.0656. The van der Waals surface area contributed by atoms with Crippen molar-refractivity contribution in [1.82, 2.24) is 15.6 Å². The van der Waals surface area contributed by atoms with Gasteiger partial charge < -0.3 is 21.6 Å². The molecule has 108 valence electrons. The summed E-state index contributed by atoms with van der Waals surface area (Å²) in [6.07, 6.45) is 4.28. The minimum atomic E-state index is -0.0179. The Bertz CT molecular complexity index is 499. The SMILES string of the molecule is NC(=NO)c1cc(CNCCC(=O)NC2CC2)ccn1. The highest BCUT2D eigenvalue weighted by Gasteiger charge is 2.22. The number of nitrogens with two attached hydrogens (primary N) is 1. The summed E-state index contributed by atoms with van der Waals surface area (Å²) in [7, 11) is 0. The third-order valence-electron chi connectivity index (χ3n) is 2.99. The van der Waals surface area contributed by atoms with Gasteiger partial charge in [0.2, 0.25) is 5.91 Å². The topological polar surface area (TPSA) is 113 Å². The van der Waals surface area contributed by atoms with Gasteiger partial charge in [0.1, 0.15) is 5.69 Å². The molecule has 1 aromatic heterocycles. The quantitative estimate of drug-likeness (QED) is 0.183. The van der Waals surface area contributed by atoms with E-state index in [1.54, 1.807) is 12.3 Å². The Balaban J connectivity index is 1.72. The second-order valence-electron chi connectivity index (χ2n) is 4.80. The maximum absolute atomic E-state index is 11.5. The molecular formula is C13H19N5O2. The Morgan fingerprint density at radius 1 is 1.55 bits per heavy atom. The molecule has 0 saturated heterocycles. The van der Waals surface area contributed by atoms with Crippen molar-refractivity contribution in [2.75, 3.05) is 6.54 Å². The molecule has 0 aromatic carbocycles. The molecule has 0 spiro atoms. The Morgan fingerprint density at radius 2 is 2.35 bits per heavy atom. The Morgan fingerprint density at radius 3 is 3.05 bits per heavy atom. The summed E-state index contributed by atoms with van der Waals surface area (Å²) in [6, 6.07) is 3.99. The van der Waals surface area contributed by atoms with Crippen LogP contribution in [0.2, 0.25) is 0 Å². The molecule has 1 saturated carbocycles. The summed E-state index contributed by atoms with van der Waals surface area (Å²) >= 11 is 0. The van der Waals surface area contributed by atoms with E-state index in [4.69, 9.17) is 10.9 Å². The number of oxime groups is 1. The summed E-state index contributed by atoms with van der Waals surface area (Å²) in [5.74, 6) is 0.0720. The van der Waals surface area contributed by atoms with Gasteiger partial charge in [-0.1, -0.05) is 5.16 Å². The van der Waals surface area contributed by atoms with Crippen LogP contribution in [0, 0.1) is 0 Å². The van der Waals surface area contributed by atoms with Gasteiger partial charge in [0.25, 0.3) is 0 Å². The number of amidine groups is 1. The van der Waals surface area contributed by atoms with Gasteiger partial charge >= 0.3 is 0 Å². The molecular weight excluding hydrogens is 258 g/mol. The molecule has 0 radical (unpaired) electrons. The normalized spacial score (nSPS) is 15.1. The molecule has 0 aliphatic heterocycles. The van der Waals surface area contributed by atoms with E-state index >= 15 is 0 Å². The number of nitrogens with one attached hydrogen (secondary N) is 2. The molecule has 1 amide bonds. The van der Waals surface area contributed by atoms with E-state index in [9.17, 15) is 4.79 Å². The van der Waals surface area contributed by atoms with Crippen LogP contribution in [-0.4, -0.2) is 34.5 Å². The molecule has 0 bridgehead atoms. The van der Waals surface area contributed by atoms with Crippen molar-refractivity contribution >= 4 is 11.7 Å². The second kappa shape index (κ2) is 6.85. The average molecular weight is 277 g/mol. The van der Waals surface area contributed by atoms with Crippen molar-refractivity contribution in [2.45, 2.75) is 31.8 Å². The lowest BCUT2D eigenvalue weighted by molar-refractivity contribution is -0.121. The fourth-order valence-electron chi connectivity index (χ4n) is 1.74. The molecule has 1 heterocycles. The van der Waals surface area contributed by atoms with Crippen LogP contribution in [0.3, 0.4) is 0 Å². The van der Waals surface area contributed by atoms with E-state index in [0.29, 0.717) is 31.2 Å². The summed E-state index contributed by atoms with van der Waals surface area (Å²) in [5.41, 5.74) is 6.87. The molecule has 7 nitrogen and oxygen atoms in total. The largest absolute Gasteiger partial charge is 0.409 e. The van der Waals surface area contributed by atoms with E-state index in [2.05, 4.69) is 20.8 Å². The third-order valence-corrected chi connectivity index (χ3v) is 2.99. The number of aromatic nitrogens is 1. The summed E-state index contributed by atoms with van der Waals surface area (Å²) in [5, 5.41) is 17.6. The first-order valence-corrected chi connectivity index (χ1v) is 6.62. The second-order valence-corrected chi connectivity index (χ2v) is 4.80. The van der Waals surface area contributed by atoms with E-state index in [0.717, 1.165) is 18.4 Å². The zero-order valence-corrected chi connectivity index (χ0v) is 11.2. The van der Waals surface area contributed by atoms with Gasteiger partial charge in [0.05, 0.1) is 0 Å². The Labute approximate surface area is 117 Å². The molecule has 7 heteroatoms. The van der Waals surface area contributed by atoms with E-state index in [1.165, 1.54) is 0 Å². The molecule has 1 fully saturated rings. The highest BCUT2D eigenvalue weighted by molar-refractivity contribution is 5.95. The summed E-state index contributed by atoms with van der Waals surface area (Å²) in [6.45, 7) is 1.21. The van der Waals surface area contributed by atoms with Crippen LogP contribution in [0.5, 0.6) is 0 Å². The lowest BCUT2D eigenvalue weighted by atomic mass is 10.2. The molecule has 0 atom stereocenters. The van der Waals surface area contributed by atoms with Crippen LogP contribution in [-0.2, 0) is 11.3 Å². The lowest BCUT2D eigenvalue weighted by Crippen LogP contribution is -2.29. The summed E-state index contributed by atoms with van der Waals surface area (Å²) in [4.78, 5) is 15.5. The maximum atomic E-state index is 11.5. The van der Waals surface area contributed by atoms with Crippen LogP contribution in [0.1, 0.15) is 30.5 Å². The van der Waals surface area contributed by atoms with Crippen molar-refractivity contribution in [3.8, 4) is 0 Å². The van der Waals surface area contributed by atoms with Gasteiger partial charge in [-0.3, -0.25) is 9.78 Å². The third kappa shape index (κ3) is 4.51. The number of rotatable bonds is 7. The predicted molar refractivity (Wildman–Crippen MR) is 74.2 cm³/mol. The molecule has 0 unspecified atom stereocenters. The zero-order chi connectivity index (χ0) is 14.4. The Hall–Kier alpha value is -2.15. The first-order chi connectivity index (χ1) is 9.69. The van der Waals surface area contributed by atoms with Gasteiger partial charge in [-0.2, -0.15) is 0 Å². The van der Waals surface area contributed by atoms with Gasteiger partial charge in [-0.25, -0.2) is 0 Å².